The average molecular weight is 290 g/mol. The number of hydrogen-bond acceptors (Lipinski definition) is 5. The molecule has 1 aromatic heterocycles. The largest absolute Gasteiger partial charge is 0.515 e. The monoisotopic (exact) mass is 290 g/mol. The molecule has 1 saturated heterocycles. The maximum absolute atomic E-state index is 11.8. The summed E-state index contributed by atoms with van der Waals surface area (Å²) in [6.07, 6.45) is 2.08. The summed E-state index contributed by atoms with van der Waals surface area (Å²) in [5.74, 6) is -0.350. The van der Waals surface area contributed by atoms with Gasteiger partial charge in [0.1, 0.15) is 0 Å². The third-order valence-electron chi connectivity index (χ3n) is 4.09. The van der Waals surface area contributed by atoms with Crippen molar-refractivity contribution in [2.24, 2.45) is 0 Å². The Morgan fingerprint density at radius 2 is 1.86 bits per heavy atom. The quantitative estimate of drug-likeness (QED) is 0.650. The highest BCUT2D eigenvalue weighted by molar-refractivity contribution is 6.62. The summed E-state index contributed by atoms with van der Waals surface area (Å²) < 4.78 is 11.8. The lowest BCUT2D eigenvalue weighted by Crippen LogP contribution is -2.41. The van der Waals surface area contributed by atoms with Gasteiger partial charge in [-0.05, 0) is 33.8 Å². The molecule has 1 aliphatic heterocycles. The van der Waals surface area contributed by atoms with E-state index in [2.05, 4.69) is 10.3 Å². The summed E-state index contributed by atoms with van der Waals surface area (Å²) in [6, 6.07) is 1.50. The molecule has 0 unspecified atom stereocenters. The fourth-order valence-corrected chi connectivity index (χ4v) is 2.09. The third kappa shape index (κ3) is 2.58. The Morgan fingerprint density at radius 1 is 1.29 bits per heavy atom. The Morgan fingerprint density at radius 3 is 2.33 bits per heavy atom. The minimum atomic E-state index is -0.778. The van der Waals surface area contributed by atoms with Crippen LogP contribution in [-0.2, 0) is 9.31 Å². The lowest BCUT2D eigenvalue weighted by atomic mass is 9.79. The van der Waals surface area contributed by atoms with E-state index in [-0.39, 0.29) is 17.0 Å². The smallest absolute Gasteiger partial charge is 0.398 e. The molecule has 1 N–H and O–H groups in total. The molecule has 112 valence electrons. The van der Waals surface area contributed by atoms with E-state index in [0.717, 1.165) is 0 Å². The summed E-state index contributed by atoms with van der Waals surface area (Å²) >= 11 is 0. The standard InChI is InChI=1S/C14H19BN2O4/c1-13(2)14(3,4)21-15(20-13)11-10(8-18)9(6-7-17-11)12(19)16-5/h6-8H,1-5H3,(H,16,19). The number of carbonyl (C=O) groups excluding carboxylic acids is 2. The Hall–Kier alpha value is -1.73. The van der Waals surface area contributed by atoms with Crippen molar-refractivity contribution < 1.29 is 18.9 Å². The van der Waals surface area contributed by atoms with Crippen LogP contribution in [0.15, 0.2) is 12.3 Å². The summed E-state index contributed by atoms with van der Waals surface area (Å²) in [6.45, 7) is 7.65. The van der Waals surface area contributed by atoms with Crippen LogP contribution in [0.4, 0.5) is 0 Å². The van der Waals surface area contributed by atoms with Gasteiger partial charge in [0.05, 0.1) is 22.4 Å². The lowest BCUT2D eigenvalue weighted by Gasteiger charge is -2.32. The fourth-order valence-electron chi connectivity index (χ4n) is 2.09. The van der Waals surface area contributed by atoms with Gasteiger partial charge >= 0.3 is 7.12 Å². The zero-order valence-corrected chi connectivity index (χ0v) is 12.9. The fraction of sp³-hybridized carbons (Fsp3) is 0.500. The third-order valence-corrected chi connectivity index (χ3v) is 4.09. The SMILES string of the molecule is CNC(=O)c1ccnc(B2OC(C)(C)C(C)(C)O2)c1C=O. The first-order chi connectivity index (χ1) is 9.73. The highest BCUT2D eigenvalue weighted by Gasteiger charge is 2.53. The van der Waals surface area contributed by atoms with Crippen molar-refractivity contribution in [3.05, 3.63) is 23.4 Å². The van der Waals surface area contributed by atoms with Crippen LogP contribution in [0.3, 0.4) is 0 Å². The van der Waals surface area contributed by atoms with Crippen molar-refractivity contribution in [1.29, 1.82) is 0 Å². The number of nitrogens with zero attached hydrogens (tertiary/aromatic N) is 1. The molecule has 7 heteroatoms. The number of carbonyl (C=O) groups is 2. The zero-order valence-electron chi connectivity index (χ0n) is 12.9. The first-order valence-corrected chi connectivity index (χ1v) is 6.75. The van der Waals surface area contributed by atoms with Crippen molar-refractivity contribution in [3.63, 3.8) is 0 Å². The highest BCUT2D eigenvalue weighted by atomic mass is 16.7. The number of rotatable bonds is 3. The van der Waals surface area contributed by atoms with Crippen LogP contribution in [0.25, 0.3) is 0 Å². The van der Waals surface area contributed by atoms with Crippen LogP contribution < -0.4 is 10.9 Å². The molecule has 1 amide bonds. The second-order valence-electron chi connectivity index (χ2n) is 5.94. The Kier molecular flexibility index (Phi) is 3.90. The van der Waals surface area contributed by atoms with Gasteiger partial charge in [-0.2, -0.15) is 0 Å². The second kappa shape index (κ2) is 5.24. The Labute approximate surface area is 124 Å². The maximum atomic E-state index is 11.8. The predicted molar refractivity (Wildman–Crippen MR) is 78.7 cm³/mol. The molecule has 0 atom stereocenters. The van der Waals surface area contributed by atoms with Crippen LogP contribution in [0, 0.1) is 0 Å². The molecule has 0 saturated carbocycles. The van der Waals surface area contributed by atoms with Crippen LogP contribution in [-0.4, -0.2) is 42.5 Å². The molecule has 6 nitrogen and oxygen atoms in total. The zero-order chi connectivity index (χ0) is 15.8. The minimum Gasteiger partial charge on any atom is -0.398 e. The molecular weight excluding hydrogens is 271 g/mol. The summed E-state index contributed by atoms with van der Waals surface area (Å²) in [5.41, 5.74) is -0.308. The Balaban J connectivity index is 2.47. The summed E-state index contributed by atoms with van der Waals surface area (Å²) in [7, 11) is 0.728. The molecule has 2 heterocycles. The molecule has 0 radical (unpaired) electrons. The summed E-state index contributed by atoms with van der Waals surface area (Å²) in [4.78, 5) is 27.4. The topological polar surface area (TPSA) is 77.5 Å². The van der Waals surface area contributed by atoms with Crippen molar-refractivity contribution in [1.82, 2.24) is 10.3 Å². The Bertz CT molecular complexity index is 570. The van der Waals surface area contributed by atoms with Gasteiger partial charge in [0.25, 0.3) is 5.91 Å². The number of amides is 1. The van der Waals surface area contributed by atoms with Crippen LogP contribution in [0.2, 0.25) is 0 Å². The van der Waals surface area contributed by atoms with E-state index in [1.54, 1.807) is 0 Å². The molecule has 0 aromatic carbocycles. The highest BCUT2D eigenvalue weighted by Crippen LogP contribution is 2.36. The van der Waals surface area contributed by atoms with Gasteiger partial charge in [-0.25, -0.2) is 0 Å². The van der Waals surface area contributed by atoms with Gasteiger partial charge in [0, 0.05) is 18.8 Å². The van der Waals surface area contributed by atoms with Gasteiger partial charge in [0.15, 0.2) is 6.29 Å². The van der Waals surface area contributed by atoms with Gasteiger partial charge in [0.2, 0.25) is 0 Å². The van der Waals surface area contributed by atoms with Crippen molar-refractivity contribution >= 4 is 24.9 Å². The van der Waals surface area contributed by atoms with Gasteiger partial charge < -0.3 is 14.6 Å². The number of aromatic nitrogens is 1. The van der Waals surface area contributed by atoms with Crippen molar-refractivity contribution in [3.8, 4) is 0 Å². The van der Waals surface area contributed by atoms with Crippen molar-refractivity contribution in [2.75, 3.05) is 7.05 Å². The number of nitrogens with one attached hydrogen (secondary N) is 1. The number of pyridine rings is 1. The van der Waals surface area contributed by atoms with E-state index in [4.69, 9.17) is 9.31 Å². The summed E-state index contributed by atoms with van der Waals surface area (Å²) in [5, 5.41) is 2.50. The van der Waals surface area contributed by atoms with Gasteiger partial charge in [-0.15, -0.1) is 0 Å². The van der Waals surface area contributed by atoms with E-state index in [0.29, 0.717) is 11.9 Å². The first-order valence-electron chi connectivity index (χ1n) is 6.75. The van der Waals surface area contributed by atoms with Crippen molar-refractivity contribution in [2.45, 2.75) is 38.9 Å². The molecule has 2 rings (SSSR count). The van der Waals surface area contributed by atoms with Crippen LogP contribution >= 0.6 is 0 Å². The molecule has 1 fully saturated rings. The molecule has 0 spiro atoms. The maximum Gasteiger partial charge on any atom is 0.515 e. The van der Waals surface area contributed by atoms with E-state index in [1.807, 2.05) is 27.7 Å². The molecular formula is C14H19BN2O4. The minimum absolute atomic E-state index is 0.190. The molecule has 0 aliphatic carbocycles. The first kappa shape index (κ1) is 15.7. The second-order valence-corrected chi connectivity index (χ2v) is 5.94. The van der Waals surface area contributed by atoms with E-state index in [1.165, 1.54) is 19.3 Å². The average Bonchev–Trinajstić information content (AvgIpc) is 2.65. The number of hydrogen-bond donors (Lipinski definition) is 1. The lowest BCUT2D eigenvalue weighted by molar-refractivity contribution is 0.00578. The van der Waals surface area contributed by atoms with Gasteiger partial charge in [-0.1, -0.05) is 0 Å². The van der Waals surface area contributed by atoms with E-state index < -0.39 is 18.3 Å². The number of aldehydes is 1. The normalized spacial score (nSPS) is 19.4. The molecule has 0 bridgehead atoms. The van der Waals surface area contributed by atoms with Crippen LogP contribution in [0.5, 0.6) is 0 Å². The molecule has 1 aliphatic rings. The van der Waals surface area contributed by atoms with E-state index in [9.17, 15) is 9.59 Å². The van der Waals surface area contributed by atoms with Crippen LogP contribution in [0.1, 0.15) is 48.4 Å². The van der Waals surface area contributed by atoms with E-state index >= 15 is 0 Å². The molecule has 21 heavy (non-hydrogen) atoms. The van der Waals surface area contributed by atoms with Gasteiger partial charge in [-0.3, -0.25) is 14.6 Å². The predicted octanol–water partition coefficient (Wildman–Crippen LogP) is 0.553. The molecule has 1 aromatic rings.